The predicted molar refractivity (Wildman–Crippen MR) is 77.3 cm³/mol. The third-order valence-corrected chi connectivity index (χ3v) is 3.63. The van der Waals surface area contributed by atoms with Crippen LogP contribution in [0.5, 0.6) is 5.75 Å². The summed E-state index contributed by atoms with van der Waals surface area (Å²) in [4.78, 5) is 0. The number of hydrogen-bond acceptors (Lipinski definition) is 3. The molecule has 1 aliphatic rings. The molecule has 0 aliphatic heterocycles. The lowest BCUT2D eigenvalue weighted by Crippen LogP contribution is -2.34. The minimum Gasteiger partial charge on any atom is -0.488 e. The summed E-state index contributed by atoms with van der Waals surface area (Å²) in [6.07, 6.45) is 4.91. The monoisotopic (exact) mass is 263 g/mol. The molecule has 2 atom stereocenters. The summed E-state index contributed by atoms with van der Waals surface area (Å²) in [6, 6.07) is 8.19. The lowest BCUT2D eigenvalue weighted by atomic mass is 9.95. The molecule has 106 valence electrons. The van der Waals surface area contributed by atoms with Crippen molar-refractivity contribution in [2.75, 3.05) is 6.54 Å². The van der Waals surface area contributed by atoms with Crippen molar-refractivity contribution in [2.24, 2.45) is 0 Å². The van der Waals surface area contributed by atoms with Crippen molar-refractivity contribution in [3.63, 3.8) is 0 Å². The first-order valence-electron chi connectivity index (χ1n) is 7.44. The Balaban J connectivity index is 1.84. The van der Waals surface area contributed by atoms with E-state index in [0.717, 1.165) is 50.9 Å². The van der Waals surface area contributed by atoms with Crippen molar-refractivity contribution in [1.29, 1.82) is 0 Å². The van der Waals surface area contributed by atoms with E-state index in [1.54, 1.807) is 0 Å². The smallest absolute Gasteiger partial charge is 0.124 e. The fourth-order valence-corrected chi connectivity index (χ4v) is 2.48. The quantitative estimate of drug-likeness (QED) is 0.775. The molecule has 1 aromatic carbocycles. The Hall–Kier alpha value is -1.06. The standard InChI is InChI=1S/C16H25NO2/c1-2-11-17-12-13-7-9-14(10-8-13)19-16-6-4-3-5-15(16)18/h7-10,15-18H,2-6,11-12H2,1H3. The first-order valence-corrected chi connectivity index (χ1v) is 7.44. The highest BCUT2D eigenvalue weighted by Gasteiger charge is 2.24. The molecule has 0 saturated heterocycles. The lowest BCUT2D eigenvalue weighted by Gasteiger charge is -2.28. The molecule has 2 N–H and O–H groups in total. The molecule has 0 amide bonds. The third kappa shape index (κ3) is 4.51. The molecule has 2 rings (SSSR count). The molecule has 1 aliphatic carbocycles. The summed E-state index contributed by atoms with van der Waals surface area (Å²) < 4.78 is 5.88. The second-order valence-electron chi connectivity index (χ2n) is 5.33. The van der Waals surface area contributed by atoms with E-state index in [1.807, 2.05) is 12.1 Å². The fourth-order valence-electron chi connectivity index (χ4n) is 2.48. The molecule has 0 aromatic heterocycles. The number of nitrogens with one attached hydrogen (secondary N) is 1. The van der Waals surface area contributed by atoms with Gasteiger partial charge in [0.1, 0.15) is 11.9 Å². The van der Waals surface area contributed by atoms with Gasteiger partial charge in [-0.2, -0.15) is 0 Å². The van der Waals surface area contributed by atoms with E-state index in [1.165, 1.54) is 5.56 Å². The Kier molecular flexibility index (Phi) is 5.67. The first kappa shape index (κ1) is 14.4. The van der Waals surface area contributed by atoms with Crippen LogP contribution in [0.2, 0.25) is 0 Å². The molecular formula is C16H25NO2. The molecule has 0 spiro atoms. The summed E-state index contributed by atoms with van der Waals surface area (Å²) in [5.74, 6) is 0.866. The number of hydrogen-bond donors (Lipinski definition) is 2. The number of aliphatic hydroxyl groups is 1. The van der Waals surface area contributed by atoms with E-state index in [-0.39, 0.29) is 12.2 Å². The fraction of sp³-hybridized carbons (Fsp3) is 0.625. The average molecular weight is 263 g/mol. The van der Waals surface area contributed by atoms with Crippen LogP contribution in [0.1, 0.15) is 44.6 Å². The van der Waals surface area contributed by atoms with Crippen molar-refractivity contribution in [2.45, 2.75) is 57.8 Å². The van der Waals surface area contributed by atoms with Crippen molar-refractivity contribution in [1.82, 2.24) is 5.32 Å². The Bertz CT molecular complexity index is 364. The maximum absolute atomic E-state index is 9.89. The topological polar surface area (TPSA) is 41.5 Å². The van der Waals surface area contributed by atoms with Gasteiger partial charge in [-0.15, -0.1) is 0 Å². The second kappa shape index (κ2) is 7.51. The van der Waals surface area contributed by atoms with Crippen LogP contribution in [0, 0.1) is 0 Å². The Labute approximate surface area is 116 Å². The van der Waals surface area contributed by atoms with Gasteiger partial charge in [0.25, 0.3) is 0 Å². The molecule has 1 fully saturated rings. The minimum absolute atomic E-state index is 0.0298. The van der Waals surface area contributed by atoms with Crippen LogP contribution in [0.3, 0.4) is 0 Å². The van der Waals surface area contributed by atoms with Crippen molar-refractivity contribution >= 4 is 0 Å². The van der Waals surface area contributed by atoms with Gasteiger partial charge >= 0.3 is 0 Å². The normalized spacial score (nSPS) is 23.3. The SMILES string of the molecule is CCCNCc1ccc(OC2CCCCC2O)cc1. The highest BCUT2D eigenvalue weighted by molar-refractivity contribution is 5.27. The molecular weight excluding hydrogens is 238 g/mol. The second-order valence-corrected chi connectivity index (χ2v) is 5.33. The largest absolute Gasteiger partial charge is 0.488 e. The van der Waals surface area contributed by atoms with Crippen LogP contribution in [0.4, 0.5) is 0 Å². The third-order valence-electron chi connectivity index (χ3n) is 3.63. The van der Waals surface area contributed by atoms with Crippen molar-refractivity contribution < 1.29 is 9.84 Å². The van der Waals surface area contributed by atoms with E-state index < -0.39 is 0 Å². The summed E-state index contributed by atoms with van der Waals surface area (Å²) in [5.41, 5.74) is 1.27. The number of ether oxygens (including phenoxy) is 1. The van der Waals surface area contributed by atoms with E-state index in [9.17, 15) is 5.11 Å². The Morgan fingerprint density at radius 1 is 1.21 bits per heavy atom. The molecule has 2 unspecified atom stereocenters. The molecule has 3 nitrogen and oxygen atoms in total. The van der Waals surface area contributed by atoms with Gasteiger partial charge in [-0.1, -0.05) is 25.5 Å². The molecule has 1 aromatic rings. The van der Waals surface area contributed by atoms with E-state index in [0.29, 0.717) is 0 Å². The lowest BCUT2D eigenvalue weighted by molar-refractivity contribution is 0.00687. The van der Waals surface area contributed by atoms with Gasteiger partial charge in [-0.05, 0) is 49.9 Å². The van der Waals surface area contributed by atoms with Crippen LogP contribution in [-0.2, 0) is 6.54 Å². The average Bonchev–Trinajstić information content (AvgIpc) is 2.44. The Morgan fingerprint density at radius 2 is 1.95 bits per heavy atom. The maximum Gasteiger partial charge on any atom is 0.124 e. The van der Waals surface area contributed by atoms with Gasteiger partial charge in [0, 0.05) is 6.54 Å². The highest BCUT2D eigenvalue weighted by Crippen LogP contribution is 2.24. The van der Waals surface area contributed by atoms with Gasteiger partial charge < -0.3 is 15.2 Å². The van der Waals surface area contributed by atoms with Gasteiger partial charge in [0.15, 0.2) is 0 Å². The summed E-state index contributed by atoms with van der Waals surface area (Å²) in [7, 11) is 0. The molecule has 0 heterocycles. The van der Waals surface area contributed by atoms with Gasteiger partial charge in [-0.25, -0.2) is 0 Å². The summed E-state index contributed by atoms with van der Waals surface area (Å²) in [5, 5.41) is 13.3. The Morgan fingerprint density at radius 3 is 2.63 bits per heavy atom. The summed E-state index contributed by atoms with van der Waals surface area (Å²) in [6.45, 7) is 4.12. The van der Waals surface area contributed by atoms with Crippen molar-refractivity contribution in [3.8, 4) is 5.75 Å². The van der Waals surface area contributed by atoms with E-state index >= 15 is 0 Å². The van der Waals surface area contributed by atoms with Crippen LogP contribution >= 0.6 is 0 Å². The molecule has 0 bridgehead atoms. The van der Waals surface area contributed by atoms with Gasteiger partial charge in [-0.3, -0.25) is 0 Å². The number of rotatable bonds is 6. The molecule has 3 heteroatoms. The molecule has 19 heavy (non-hydrogen) atoms. The van der Waals surface area contributed by atoms with Gasteiger partial charge in [0.05, 0.1) is 6.10 Å². The van der Waals surface area contributed by atoms with Crippen LogP contribution < -0.4 is 10.1 Å². The van der Waals surface area contributed by atoms with Crippen LogP contribution in [0.15, 0.2) is 24.3 Å². The number of benzene rings is 1. The zero-order valence-electron chi connectivity index (χ0n) is 11.8. The first-order chi connectivity index (χ1) is 9.29. The zero-order chi connectivity index (χ0) is 13.5. The van der Waals surface area contributed by atoms with Crippen LogP contribution in [-0.4, -0.2) is 23.9 Å². The molecule has 1 saturated carbocycles. The van der Waals surface area contributed by atoms with E-state index in [2.05, 4.69) is 24.4 Å². The predicted octanol–water partition coefficient (Wildman–Crippen LogP) is 2.87. The molecule has 0 radical (unpaired) electrons. The highest BCUT2D eigenvalue weighted by atomic mass is 16.5. The van der Waals surface area contributed by atoms with Gasteiger partial charge in [0.2, 0.25) is 0 Å². The van der Waals surface area contributed by atoms with Crippen LogP contribution in [0.25, 0.3) is 0 Å². The zero-order valence-corrected chi connectivity index (χ0v) is 11.8. The minimum atomic E-state index is -0.306. The summed E-state index contributed by atoms with van der Waals surface area (Å²) >= 11 is 0. The maximum atomic E-state index is 9.89. The van der Waals surface area contributed by atoms with Crippen molar-refractivity contribution in [3.05, 3.63) is 29.8 Å². The number of aliphatic hydroxyl groups excluding tert-OH is 1. The van der Waals surface area contributed by atoms with E-state index in [4.69, 9.17) is 4.74 Å².